The van der Waals surface area contributed by atoms with Gasteiger partial charge in [0.15, 0.2) is 12.0 Å². The fraction of sp³-hybridized carbons (Fsp3) is 0.385. The van der Waals surface area contributed by atoms with Crippen LogP contribution < -0.4 is 4.90 Å². The highest BCUT2D eigenvalue weighted by Crippen LogP contribution is 2.34. The molecule has 1 N–H and O–H groups in total. The Hall–Kier alpha value is -2.04. The summed E-state index contributed by atoms with van der Waals surface area (Å²) in [5.74, 6) is -0.878. The second kappa shape index (κ2) is 4.01. The van der Waals surface area contributed by atoms with Crippen molar-refractivity contribution in [2.45, 2.75) is 18.9 Å². The smallest absolute Gasteiger partial charge is 0.306 e. The number of carbonyl (C=O) groups is 1. The van der Waals surface area contributed by atoms with E-state index in [1.54, 1.807) is 0 Å². The van der Waals surface area contributed by atoms with Crippen LogP contribution in [0.25, 0.3) is 11.1 Å². The summed E-state index contributed by atoms with van der Waals surface area (Å²) < 4.78 is 5.27. The Kier molecular flexibility index (Phi) is 2.47. The van der Waals surface area contributed by atoms with E-state index in [1.165, 1.54) is 6.39 Å². The van der Waals surface area contributed by atoms with Gasteiger partial charge in [0.05, 0.1) is 5.92 Å². The van der Waals surface area contributed by atoms with Gasteiger partial charge in [-0.1, -0.05) is 0 Å². The lowest BCUT2D eigenvalue weighted by Gasteiger charge is -2.40. The molecule has 0 amide bonds. The van der Waals surface area contributed by atoms with E-state index in [9.17, 15) is 4.79 Å². The van der Waals surface area contributed by atoms with Gasteiger partial charge in [0.1, 0.15) is 5.52 Å². The average Bonchev–Trinajstić information content (AvgIpc) is 2.72. The first-order valence-corrected chi connectivity index (χ1v) is 5.94. The molecule has 1 aliphatic rings. The molecule has 94 valence electrons. The highest BCUT2D eigenvalue weighted by molar-refractivity contribution is 5.77. The van der Waals surface area contributed by atoms with Crippen LogP contribution in [0, 0.1) is 5.92 Å². The predicted octanol–water partition coefficient (Wildman–Crippen LogP) is 2.13. The van der Waals surface area contributed by atoms with Crippen molar-refractivity contribution in [2.24, 2.45) is 5.92 Å². The molecule has 5 heteroatoms. The first kappa shape index (κ1) is 11.1. The Morgan fingerprint density at radius 1 is 1.50 bits per heavy atom. The second-order valence-corrected chi connectivity index (χ2v) is 4.78. The molecule has 1 aliphatic carbocycles. The third-order valence-corrected chi connectivity index (χ3v) is 3.73. The van der Waals surface area contributed by atoms with Crippen LogP contribution in [0.3, 0.4) is 0 Å². The van der Waals surface area contributed by atoms with Gasteiger partial charge < -0.3 is 14.4 Å². The summed E-state index contributed by atoms with van der Waals surface area (Å²) in [4.78, 5) is 17.0. The topological polar surface area (TPSA) is 66.6 Å². The summed E-state index contributed by atoms with van der Waals surface area (Å²) >= 11 is 0. The number of aromatic nitrogens is 1. The number of benzene rings is 1. The van der Waals surface area contributed by atoms with Crippen molar-refractivity contribution in [3.63, 3.8) is 0 Å². The van der Waals surface area contributed by atoms with Gasteiger partial charge in [-0.15, -0.1) is 0 Å². The molecule has 0 aliphatic heterocycles. The largest absolute Gasteiger partial charge is 0.481 e. The lowest BCUT2D eigenvalue weighted by atomic mass is 9.79. The molecule has 1 saturated carbocycles. The third-order valence-electron chi connectivity index (χ3n) is 3.73. The number of hydrogen-bond donors (Lipinski definition) is 1. The standard InChI is InChI=1S/C13H14N2O3/c1-15(10-4-8(5-10)13(16)17)9-2-3-11-12(6-9)18-7-14-11/h2-3,6-8,10H,4-5H2,1H3,(H,16,17). The highest BCUT2D eigenvalue weighted by Gasteiger charge is 2.36. The van der Waals surface area contributed by atoms with Gasteiger partial charge in [-0.05, 0) is 25.0 Å². The summed E-state index contributed by atoms with van der Waals surface area (Å²) in [6.45, 7) is 0. The van der Waals surface area contributed by atoms with E-state index in [0.29, 0.717) is 18.9 Å². The number of oxazole rings is 1. The minimum Gasteiger partial charge on any atom is -0.481 e. The van der Waals surface area contributed by atoms with E-state index in [2.05, 4.69) is 9.88 Å². The molecule has 3 rings (SSSR count). The fourth-order valence-electron chi connectivity index (χ4n) is 2.38. The summed E-state index contributed by atoms with van der Waals surface area (Å²) in [6, 6.07) is 6.14. The van der Waals surface area contributed by atoms with Crippen molar-refractivity contribution in [3.8, 4) is 0 Å². The van der Waals surface area contributed by atoms with Gasteiger partial charge in [0.25, 0.3) is 0 Å². The van der Waals surface area contributed by atoms with Crippen molar-refractivity contribution in [1.82, 2.24) is 4.98 Å². The minimum atomic E-state index is -0.690. The Bertz CT molecular complexity index is 587. The Balaban J connectivity index is 1.76. The monoisotopic (exact) mass is 246 g/mol. The third kappa shape index (κ3) is 1.72. The molecule has 2 aromatic rings. The summed E-state index contributed by atoms with van der Waals surface area (Å²) in [6.07, 6.45) is 2.85. The molecule has 1 heterocycles. The van der Waals surface area contributed by atoms with Crippen LogP contribution in [-0.2, 0) is 4.79 Å². The maximum Gasteiger partial charge on any atom is 0.306 e. The van der Waals surface area contributed by atoms with Gasteiger partial charge in [0.2, 0.25) is 0 Å². The molecule has 18 heavy (non-hydrogen) atoms. The summed E-state index contributed by atoms with van der Waals surface area (Å²) in [5.41, 5.74) is 2.63. The number of carboxylic acid groups (broad SMARTS) is 1. The molecule has 0 atom stereocenters. The second-order valence-electron chi connectivity index (χ2n) is 4.78. The zero-order valence-electron chi connectivity index (χ0n) is 10.0. The molecule has 1 aromatic carbocycles. The van der Waals surface area contributed by atoms with E-state index < -0.39 is 5.97 Å². The van der Waals surface area contributed by atoms with Crippen LogP contribution in [-0.4, -0.2) is 29.1 Å². The van der Waals surface area contributed by atoms with Crippen molar-refractivity contribution in [2.75, 3.05) is 11.9 Å². The molecule has 0 radical (unpaired) electrons. The van der Waals surface area contributed by atoms with E-state index in [0.717, 1.165) is 16.8 Å². The number of nitrogens with zero attached hydrogens (tertiary/aromatic N) is 2. The van der Waals surface area contributed by atoms with Crippen molar-refractivity contribution in [3.05, 3.63) is 24.6 Å². The fourth-order valence-corrected chi connectivity index (χ4v) is 2.38. The van der Waals surface area contributed by atoms with Gasteiger partial charge >= 0.3 is 5.97 Å². The van der Waals surface area contributed by atoms with Crippen LogP contribution >= 0.6 is 0 Å². The first-order valence-electron chi connectivity index (χ1n) is 5.94. The number of rotatable bonds is 3. The van der Waals surface area contributed by atoms with Gasteiger partial charge in [-0.25, -0.2) is 4.98 Å². The van der Waals surface area contributed by atoms with Crippen LogP contribution in [0.1, 0.15) is 12.8 Å². The van der Waals surface area contributed by atoms with Crippen LogP contribution in [0.5, 0.6) is 0 Å². The van der Waals surface area contributed by atoms with E-state index in [-0.39, 0.29) is 5.92 Å². The molecule has 0 bridgehead atoms. The highest BCUT2D eigenvalue weighted by atomic mass is 16.4. The predicted molar refractivity (Wildman–Crippen MR) is 66.6 cm³/mol. The molecule has 0 unspecified atom stereocenters. The van der Waals surface area contributed by atoms with E-state index in [1.807, 2.05) is 25.2 Å². The zero-order valence-corrected chi connectivity index (χ0v) is 10.0. The Morgan fingerprint density at radius 3 is 3.00 bits per heavy atom. The lowest BCUT2D eigenvalue weighted by molar-refractivity contribution is -0.145. The molecule has 1 aromatic heterocycles. The molecule has 0 saturated heterocycles. The number of fused-ring (bicyclic) bond motifs is 1. The van der Waals surface area contributed by atoms with E-state index >= 15 is 0 Å². The van der Waals surface area contributed by atoms with Gasteiger partial charge in [-0.2, -0.15) is 0 Å². The molecule has 5 nitrogen and oxygen atoms in total. The maximum absolute atomic E-state index is 10.8. The molecular formula is C13H14N2O3. The van der Waals surface area contributed by atoms with Crippen LogP contribution in [0.4, 0.5) is 5.69 Å². The average molecular weight is 246 g/mol. The first-order chi connectivity index (χ1) is 8.65. The zero-order chi connectivity index (χ0) is 12.7. The number of hydrogen-bond acceptors (Lipinski definition) is 4. The van der Waals surface area contributed by atoms with Crippen molar-refractivity contribution in [1.29, 1.82) is 0 Å². The SMILES string of the molecule is CN(c1ccc2ncoc2c1)C1CC(C(=O)O)C1. The lowest BCUT2D eigenvalue weighted by Crippen LogP contribution is -2.45. The van der Waals surface area contributed by atoms with Gasteiger partial charge in [-0.3, -0.25) is 4.79 Å². The number of aliphatic carboxylic acids is 1. The summed E-state index contributed by atoms with van der Waals surface area (Å²) in [5, 5.41) is 8.88. The normalized spacial score (nSPS) is 22.7. The Labute approximate surface area is 104 Å². The minimum absolute atomic E-state index is 0.188. The number of anilines is 1. The van der Waals surface area contributed by atoms with E-state index in [4.69, 9.17) is 9.52 Å². The van der Waals surface area contributed by atoms with Crippen LogP contribution in [0.15, 0.2) is 29.0 Å². The number of carboxylic acids is 1. The van der Waals surface area contributed by atoms with Crippen molar-refractivity contribution < 1.29 is 14.3 Å². The quantitative estimate of drug-likeness (QED) is 0.898. The molecule has 0 spiro atoms. The molecule has 1 fully saturated rings. The molecular weight excluding hydrogens is 232 g/mol. The van der Waals surface area contributed by atoms with Gasteiger partial charge in [0, 0.05) is 24.8 Å². The van der Waals surface area contributed by atoms with Crippen molar-refractivity contribution >= 4 is 22.8 Å². The summed E-state index contributed by atoms with van der Waals surface area (Å²) in [7, 11) is 1.99. The Morgan fingerprint density at radius 2 is 2.28 bits per heavy atom. The van der Waals surface area contributed by atoms with Crippen LogP contribution in [0.2, 0.25) is 0 Å². The maximum atomic E-state index is 10.8.